The minimum atomic E-state index is -0.390. The normalized spacial score (nSPS) is 11.6. The summed E-state index contributed by atoms with van der Waals surface area (Å²) in [6, 6.07) is 12.8. The number of hydrogen-bond donors (Lipinski definition) is 0. The third-order valence-electron chi connectivity index (χ3n) is 4.32. The van der Waals surface area contributed by atoms with Crippen LogP contribution in [-0.4, -0.2) is 43.4 Å². The summed E-state index contributed by atoms with van der Waals surface area (Å²) in [4.78, 5) is 29.2. The lowest BCUT2D eigenvalue weighted by atomic mass is 10.2. The number of amides is 1. The topological polar surface area (TPSA) is 79.1 Å². The smallest absolute Gasteiger partial charge is 0.338 e. The monoisotopic (exact) mass is 428 g/mol. The summed E-state index contributed by atoms with van der Waals surface area (Å²) in [5.41, 5.74) is 2.45. The van der Waals surface area contributed by atoms with Crippen LogP contribution in [0.2, 0.25) is 0 Å². The Kier molecular flexibility index (Phi) is 7.37. The van der Waals surface area contributed by atoms with Crippen LogP contribution in [-0.2, 0) is 20.8 Å². The van der Waals surface area contributed by atoms with Crippen LogP contribution >= 0.6 is 11.3 Å². The number of hydrogen-bond acceptors (Lipinski definition) is 6. The number of nitrogens with zero attached hydrogens (tertiary/aromatic N) is 2. The number of rotatable bonds is 8. The molecule has 0 saturated heterocycles. The summed E-state index contributed by atoms with van der Waals surface area (Å²) < 4.78 is 18.5. The lowest BCUT2D eigenvalue weighted by Gasteiger charge is -2.06. The predicted molar refractivity (Wildman–Crippen MR) is 115 cm³/mol. The van der Waals surface area contributed by atoms with Crippen molar-refractivity contribution in [2.45, 2.75) is 20.4 Å². The number of benzene rings is 2. The molecule has 0 radical (unpaired) electrons. The van der Waals surface area contributed by atoms with Crippen LogP contribution < -0.4 is 9.54 Å². The molecule has 3 aromatic rings. The van der Waals surface area contributed by atoms with Gasteiger partial charge in [0.1, 0.15) is 5.75 Å². The van der Waals surface area contributed by atoms with E-state index in [2.05, 4.69) is 4.99 Å². The number of aryl methyl sites for hydroxylation is 1. The zero-order chi connectivity index (χ0) is 21.5. The van der Waals surface area contributed by atoms with Crippen molar-refractivity contribution >= 4 is 33.4 Å². The molecule has 0 saturated carbocycles. The zero-order valence-corrected chi connectivity index (χ0v) is 18.0. The fourth-order valence-corrected chi connectivity index (χ4v) is 3.93. The number of fused-ring (bicyclic) bond motifs is 1. The summed E-state index contributed by atoms with van der Waals surface area (Å²) in [6.45, 7) is 4.90. The van der Waals surface area contributed by atoms with E-state index in [-0.39, 0.29) is 18.5 Å². The molecule has 0 unspecified atom stereocenters. The molecule has 1 amide bonds. The highest BCUT2D eigenvalue weighted by atomic mass is 32.1. The summed E-state index contributed by atoms with van der Waals surface area (Å²) in [6.07, 6.45) is 0. The van der Waals surface area contributed by atoms with Gasteiger partial charge < -0.3 is 18.8 Å². The molecule has 1 aromatic heterocycles. The van der Waals surface area contributed by atoms with Crippen LogP contribution in [0.5, 0.6) is 5.75 Å². The van der Waals surface area contributed by atoms with Crippen molar-refractivity contribution in [2.75, 3.05) is 26.9 Å². The Morgan fingerprint density at radius 2 is 1.90 bits per heavy atom. The second-order valence-electron chi connectivity index (χ2n) is 6.54. The highest BCUT2D eigenvalue weighted by molar-refractivity contribution is 7.16. The van der Waals surface area contributed by atoms with Crippen LogP contribution in [0.4, 0.5) is 0 Å². The van der Waals surface area contributed by atoms with E-state index >= 15 is 0 Å². The van der Waals surface area contributed by atoms with Gasteiger partial charge in [-0.1, -0.05) is 29.0 Å². The van der Waals surface area contributed by atoms with E-state index < -0.39 is 0 Å². The number of carbonyl (C=O) groups is 2. The summed E-state index contributed by atoms with van der Waals surface area (Å²) in [5, 5.41) is 0. The van der Waals surface area contributed by atoms with E-state index in [4.69, 9.17) is 14.2 Å². The maximum atomic E-state index is 12.4. The molecule has 8 heteroatoms. The largest absolute Gasteiger partial charge is 0.484 e. The van der Waals surface area contributed by atoms with Gasteiger partial charge in [-0.2, -0.15) is 4.99 Å². The molecule has 0 aliphatic carbocycles. The lowest BCUT2D eigenvalue weighted by molar-refractivity contribution is -0.120. The quantitative estimate of drug-likeness (QED) is 0.514. The highest BCUT2D eigenvalue weighted by Crippen LogP contribution is 2.20. The van der Waals surface area contributed by atoms with Crippen molar-refractivity contribution in [3.8, 4) is 5.75 Å². The van der Waals surface area contributed by atoms with Crippen molar-refractivity contribution in [2.24, 2.45) is 4.99 Å². The number of ether oxygens (including phenoxy) is 3. The first-order valence-corrected chi connectivity index (χ1v) is 10.4. The summed E-state index contributed by atoms with van der Waals surface area (Å²) >= 11 is 1.33. The Bertz CT molecular complexity index is 1100. The molecular weight excluding hydrogens is 404 g/mol. The molecule has 0 fully saturated rings. The predicted octanol–water partition coefficient (Wildman–Crippen LogP) is 3.34. The first-order valence-electron chi connectivity index (χ1n) is 9.58. The van der Waals surface area contributed by atoms with E-state index in [1.54, 1.807) is 26.2 Å². The fourth-order valence-electron chi connectivity index (χ4n) is 2.82. The molecule has 0 aliphatic heterocycles. The standard InChI is InChI=1S/C22H24N2O5S/c1-4-28-21(26)16-7-10-18-19(13-16)30-22(24(18)11-12-27-3)23-20(25)14-29-17-8-5-15(2)6-9-17/h5-10,13H,4,11-12,14H2,1-3H3. The Hall–Kier alpha value is -2.97. The molecule has 3 rings (SSSR count). The molecule has 30 heavy (non-hydrogen) atoms. The van der Waals surface area contributed by atoms with E-state index in [1.165, 1.54) is 11.3 Å². The van der Waals surface area contributed by atoms with Gasteiger partial charge in [0, 0.05) is 13.7 Å². The second kappa shape index (κ2) is 10.2. The van der Waals surface area contributed by atoms with E-state index in [0.29, 0.717) is 35.9 Å². The van der Waals surface area contributed by atoms with Crippen molar-refractivity contribution in [1.82, 2.24) is 4.57 Å². The van der Waals surface area contributed by atoms with Gasteiger partial charge in [0.15, 0.2) is 11.4 Å². The van der Waals surface area contributed by atoms with E-state index in [1.807, 2.05) is 41.8 Å². The zero-order valence-electron chi connectivity index (χ0n) is 17.2. The van der Waals surface area contributed by atoms with Crippen LogP contribution in [0.15, 0.2) is 47.5 Å². The van der Waals surface area contributed by atoms with Gasteiger partial charge in [0.2, 0.25) is 0 Å². The lowest BCUT2D eigenvalue weighted by Crippen LogP contribution is -2.21. The van der Waals surface area contributed by atoms with Gasteiger partial charge in [0.05, 0.1) is 29.0 Å². The minimum Gasteiger partial charge on any atom is -0.484 e. The first kappa shape index (κ1) is 21.7. The average Bonchev–Trinajstić information content (AvgIpc) is 3.08. The second-order valence-corrected chi connectivity index (χ2v) is 7.55. The van der Waals surface area contributed by atoms with Crippen LogP contribution in [0, 0.1) is 6.92 Å². The fraction of sp³-hybridized carbons (Fsp3) is 0.318. The number of methoxy groups -OCH3 is 1. The van der Waals surface area contributed by atoms with Crippen molar-refractivity contribution in [1.29, 1.82) is 0 Å². The number of thiazole rings is 1. The van der Waals surface area contributed by atoms with Crippen molar-refractivity contribution in [3.05, 3.63) is 58.4 Å². The maximum Gasteiger partial charge on any atom is 0.338 e. The van der Waals surface area contributed by atoms with E-state index in [9.17, 15) is 9.59 Å². The van der Waals surface area contributed by atoms with Crippen molar-refractivity contribution in [3.63, 3.8) is 0 Å². The first-order chi connectivity index (χ1) is 14.5. The van der Waals surface area contributed by atoms with E-state index in [0.717, 1.165) is 15.8 Å². The Balaban J connectivity index is 1.88. The molecule has 2 aromatic carbocycles. The van der Waals surface area contributed by atoms with Crippen LogP contribution in [0.25, 0.3) is 10.2 Å². The molecule has 0 bridgehead atoms. The number of esters is 1. The molecular formula is C22H24N2O5S. The summed E-state index contributed by atoms with van der Waals surface area (Å²) in [5.74, 6) is -0.150. The maximum absolute atomic E-state index is 12.4. The van der Waals surface area contributed by atoms with Crippen LogP contribution in [0.1, 0.15) is 22.8 Å². The minimum absolute atomic E-state index is 0.157. The Labute approximate surface area is 178 Å². The SMILES string of the molecule is CCOC(=O)c1ccc2c(c1)sc(=NC(=O)COc1ccc(C)cc1)n2CCOC. The summed E-state index contributed by atoms with van der Waals surface area (Å²) in [7, 11) is 1.62. The number of aromatic nitrogens is 1. The molecule has 0 N–H and O–H groups in total. The third-order valence-corrected chi connectivity index (χ3v) is 5.36. The van der Waals surface area contributed by atoms with Gasteiger partial charge >= 0.3 is 5.97 Å². The number of carbonyl (C=O) groups excluding carboxylic acids is 2. The molecule has 0 aliphatic rings. The van der Waals surface area contributed by atoms with Gasteiger partial charge in [-0.3, -0.25) is 4.79 Å². The average molecular weight is 429 g/mol. The van der Waals surface area contributed by atoms with Crippen molar-refractivity contribution < 1.29 is 23.8 Å². The van der Waals surface area contributed by atoms with Gasteiger partial charge in [0.25, 0.3) is 5.91 Å². The molecule has 0 atom stereocenters. The molecule has 0 spiro atoms. The molecule has 1 heterocycles. The van der Waals surface area contributed by atoms with Gasteiger partial charge in [-0.25, -0.2) is 4.79 Å². The van der Waals surface area contributed by atoms with Gasteiger partial charge in [-0.05, 0) is 44.2 Å². The molecule has 158 valence electrons. The van der Waals surface area contributed by atoms with Crippen LogP contribution in [0.3, 0.4) is 0 Å². The highest BCUT2D eigenvalue weighted by Gasteiger charge is 2.12. The Morgan fingerprint density at radius 3 is 2.60 bits per heavy atom. The van der Waals surface area contributed by atoms with Gasteiger partial charge in [-0.15, -0.1) is 0 Å². The third kappa shape index (κ3) is 5.34. The molecule has 7 nitrogen and oxygen atoms in total. The Morgan fingerprint density at radius 1 is 1.13 bits per heavy atom.